The molecule has 2 heterocycles. The number of ether oxygens (including phenoxy) is 1. The first-order chi connectivity index (χ1) is 17.3. The number of rotatable bonds is 9. The number of nitrogens with zero attached hydrogens (tertiary/aromatic N) is 5. The number of alkyl halides is 3. The molecule has 1 aromatic carbocycles. The Morgan fingerprint density at radius 3 is 2.58 bits per heavy atom. The molecule has 0 amide bonds. The number of benzene rings is 1. The number of para-hydroxylation sites is 1. The van der Waals surface area contributed by atoms with Gasteiger partial charge in [-0.05, 0) is 25.0 Å². The number of methoxy groups -OCH3 is 1. The highest BCUT2D eigenvalue weighted by molar-refractivity contribution is 5.48. The molecule has 1 N–H and O–H groups in total. The molecular weight excluding hydrogens is 475 g/mol. The predicted octanol–water partition coefficient (Wildman–Crippen LogP) is 3.49. The van der Waals surface area contributed by atoms with Gasteiger partial charge in [0, 0.05) is 52.1 Å². The van der Waals surface area contributed by atoms with Gasteiger partial charge in [-0.25, -0.2) is 0 Å². The summed E-state index contributed by atoms with van der Waals surface area (Å²) >= 11 is 0. The number of aliphatic hydroxyl groups is 1. The maximum Gasteiger partial charge on any atom is 0.470 e. The standard InChI is InChI=1S/C25H32F3N5O3/c1-35-17-16-31-12-14-32(15-13-31)24(34)33(21-8-3-2-4-9-21)18-19-6-5-7-20(11-10-19)22-29-30-23(36-22)25(26,27)28/h2-5,7-10,20,24,34H,6,11-18H2,1H3. The van der Waals surface area contributed by atoms with Gasteiger partial charge in [0.15, 0.2) is 6.35 Å². The molecule has 2 unspecified atom stereocenters. The predicted molar refractivity (Wildman–Crippen MR) is 128 cm³/mol. The first kappa shape index (κ1) is 26.3. The van der Waals surface area contributed by atoms with Gasteiger partial charge in [-0.1, -0.05) is 42.0 Å². The zero-order chi connectivity index (χ0) is 25.5. The van der Waals surface area contributed by atoms with Gasteiger partial charge in [0.2, 0.25) is 5.89 Å². The number of hydrogen-bond acceptors (Lipinski definition) is 8. The molecule has 8 nitrogen and oxygen atoms in total. The van der Waals surface area contributed by atoms with Crippen molar-refractivity contribution in [2.45, 2.75) is 31.3 Å². The molecule has 1 aliphatic carbocycles. The van der Waals surface area contributed by atoms with E-state index in [1.54, 1.807) is 13.2 Å². The van der Waals surface area contributed by atoms with Crippen LogP contribution in [0.5, 0.6) is 0 Å². The Kier molecular flexibility index (Phi) is 8.78. The first-order valence-electron chi connectivity index (χ1n) is 12.1. The van der Waals surface area contributed by atoms with E-state index < -0.39 is 24.3 Å². The minimum absolute atomic E-state index is 0.0534. The van der Waals surface area contributed by atoms with E-state index in [2.05, 4.69) is 20.0 Å². The van der Waals surface area contributed by atoms with Crippen molar-refractivity contribution in [3.05, 3.63) is 65.9 Å². The van der Waals surface area contributed by atoms with E-state index in [-0.39, 0.29) is 5.89 Å². The van der Waals surface area contributed by atoms with Crippen molar-refractivity contribution in [3.8, 4) is 0 Å². The summed E-state index contributed by atoms with van der Waals surface area (Å²) in [7, 11) is 1.69. The van der Waals surface area contributed by atoms with Crippen LogP contribution in [0.25, 0.3) is 0 Å². The topological polar surface area (TPSA) is 78.1 Å². The minimum Gasteiger partial charge on any atom is -0.417 e. The summed E-state index contributed by atoms with van der Waals surface area (Å²) in [5.41, 5.74) is 1.94. The fourth-order valence-electron chi connectivity index (χ4n) is 4.43. The highest BCUT2D eigenvalue weighted by atomic mass is 19.4. The molecule has 1 fully saturated rings. The molecule has 1 aliphatic heterocycles. The third-order valence-electron chi connectivity index (χ3n) is 6.49. The Morgan fingerprint density at radius 1 is 1.17 bits per heavy atom. The molecule has 4 rings (SSSR count). The number of halogens is 3. The van der Waals surface area contributed by atoms with Gasteiger partial charge >= 0.3 is 12.1 Å². The first-order valence-corrected chi connectivity index (χ1v) is 12.1. The number of aromatic nitrogens is 2. The van der Waals surface area contributed by atoms with Gasteiger partial charge < -0.3 is 19.2 Å². The summed E-state index contributed by atoms with van der Waals surface area (Å²) in [6.45, 7) is 5.18. The summed E-state index contributed by atoms with van der Waals surface area (Å²) < 4.78 is 48.6. The molecule has 196 valence electrons. The van der Waals surface area contributed by atoms with E-state index in [0.717, 1.165) is 44.0 Å². The van der Waals surface area contributed by atoms with Crippen molar-refractivity contribution < 1.29 is 27.4 Å². The normalized spacial score (nSPS) is 20.7. The lowest BCUT2D eigenvalue weighted by Gasteiger charge is -2.42. The second kappa shape index (κ2) is 12.0. The van der Waals surface area contributed by atoms with Crippen LogP contribution in [0.4, 0.5) is 18.9 Å². The molecule has 0 radical (unpaired) electrons. The third kappa shape index (κ3) is 6.73. The number of piperazine rings is 1. The van der Waals surface area contributed by atoms with Crippen LogP contribution in [-0.4, -0.2) is 84.4 Å². The van der Waals surface area contributed by atoms with Crippen molar-refractivity contribution >= 4 is 5.69 Å². The Balaban J connectivity index is 1.44. The van der Waals surface area contributed by atoms with Crippen molar-refractivity contribution in [2.75, 3.05) is 57.9 Å². The zero-order valence-electron chi connectivity index (χ0n) is 20.3. The number of allylic oxidation sites excluding steroid dienone is 3. The van der Waals surface area contributed by atoms with E-state index in [1.165, 1.54) is 0 Å². The van der Waals surface area contributed by atoms with E-state index >= 15 is 0 Å². The van der Waals surface area contributed by atoms with E-state index in [9.17, 15) is 18.3 Å². The van der Waals surface area contributed by atoms with Crippen LogP contribution >= 0.6 is 0 Å². The number of aliphatic hydroxyl groups excluding tert-OH is 1. The molecule has 0 bridgehead atoms. The fourth-order valence-corrected chi connectivity index (χ4v) is 4.43. The van der Waals surface area contributed by atoms with Crippen LogP contribution in [-0.2, 0) is 10.9 Å². The largest absolute Gasteiger partial charge is 0.470 e. The van der Waals surface area contributed by atoms with Gasteiger partial charge in [-0.3, -0.25) is 9.80 Å². The van der Waals surface area contributed by atoms with Gasteiger partial charge in [0.1, 0.15) is 0 Å². The molecule has 0 saturated carbocycles. The van der Waals surface area contributed by atoms with Crippen LogP contribution in [0.15, 0.2) is 58.6 Å². The van der Waals surface area contributed by atoms with Gasteiger partial charge in [0.25, 0.3) is 0 Å². The van der Waals surface area contributed by atoms with Gasteiger partial charge in [-0.2, -0.15) is 13.2 Å². The summed E-state index contributed by atoms with van der Waals surface area (Å²) in [4.78, 5) is 6.34. The molecule has 0 spiro atoms. The van der Waals surface area contributed by atoms with Crippen molar-refractivity contribution in [3.63, 3.8) is 0 Å². The van der Waals surface area contributed by atoms with Crippen molar-refractivity contribution in [2.24, 2.45) is 0 Å². The lowest BCUT2D eigenvalue weighted by atomic mass is 10.1. The van der Waals surface area contributed by atoms with Crippen LogP contribution in [0.1, 0.15) is 30.5 Å². The fraction of sp³-hybridized carbons (Fsp3) is 0.520. The smallest absolute Gasteiger partial charge is 0.417 e. The van der Waals surface area contributed by atoms with Crippen molar-refractivity contribution in [1.82, 2.24) is 20.0 Å². The summed E-state index contributed by atoms with van der Waals surface area (Å²) in [5, 5.41) is 18.1. The minimum atomic E-state index is -4.66. The summed E-state index contributed by atoms with van der Waals surface area (Å²) in [6, 6.07) is 9.72. The highest BCUT2D eigenvalue weighted by Gasteiger charge is 2.38. The second-order valence-corrected chi connectivity index (χ2v) is 8.96. The third-order valence-corrected chi connectivity index (χ3v) is 6.49. The lowest BCUT2D eigenvalue weighted by Crippen LogP contribution is -2.56. The summed E-state index contributed by atoms with van der Waals surface area (Å²) in [6.07, 6.45) is 1.27. The Labute approximate surface area is 208 Å². The van der Waals surface area contributed by atoms with E-state index in [4.69, 9.17) is 9.15 Å². The molecule has 1 aromatic heterocycles. The van der Waals surface area contributed by atoms with E-state index in [0.29, 0.717) is 26.0 Å². The van der Waals surface area contributed by atoms with Crippen LogP contribution in [0.2, 0.25) is 0 Å². The molecule has 2 aliphatic rings. The SMILES string of the molecule is COCCN1CCN(C(O)N(CC2=CCC(c3nnc(C(F)(F)F)o3)C=CC2)c2ccccc2)CC1. The van der Waals surface area contributed by atoms with Crippen molar-refractivity contribution in [1.29, 1.82) is 0 Å². The Bertz CT molecular complexity index is 1020. The van der Waals surface area contributed by atoms with E-state index in [1.807, 2.05) is 47.4 Å². The molecular formula is C25H32F3N5O3. The monoisotopic (exact) mass is 507 g/mol. The van der Waals surface area contributed by atoms with Crippen LogP contribution < -0.4 is 4.90 Å². The molecule has 1 saturated heterocycles. The Morgan fingerprint density at radius 2 is 1.92 bits per heavy atom. The quantitative estimate of drug-likeness (QED) is 0.408. The zero-order valence-corrected chi connectivity index (χ0v) is 20.3. The maximum atomic E-state index is 12.9. The van der Waals surface area contributed by atoms with Crippen LogP contribution in [0.3, 0.4) is 0 Å². The number of hydrogen-bond donors (Lipinski definition) is 1. The van der Waals surface area contributed by atoms with Gasteiger partial charge in [0.05, 0.1) is 12.5 Å². The van der Waals surface area contributed by atoms with Crippen LogP contribution in [0, 0.1) is 0 Å². The highest BCUT2D eigenvalue weighted by Crippen LogP contribution is 2.32. The molecule has 11 heteroatoms. The number of anilines is 1. The lowest BCUT2D eigenvalue weighted by molar-refractivity contribution is -0.157. The Hall–Kier alpha value is -2.73. The molecule has 2 aromatic rings. The second-order valence-electron chi connectivity index (χ2n) is 8.96. The maximum absolute atomic E-state index is 12.9. The average molecular weight is 508 g/mol. The molecule has 36 heavy (non-hydrogen) atoms. The van der Waals surface area contributed by atoms with Gasteiger partial charge in [-0.15, -0.1) is 10.2 Å². The average Bonchev–Trinajstić information content (AvgIpc) is 3.28. The summed E-state index contributed by atoms with van der Waals surface area (Å²) in [5.74, 6) is -1.82. The molecule has 2 atom stereocenters.